The number of Topliss-reactive ketones (excluding diaryl/α,β-unsaturated/α-hetero) is 2. The van der Waals surface area contributed by atoms with Crippen LogP contribution in [0.2, 0.25) is 0 Å². The van der Waals surface area contributed by atoms with Crippen molar-refractivity contribution >= 4 is 23.0 Å². The third-order valence-corrected chi connectivity index (χ3v) is 8.99. The monoisotopic (exact) mass is 625 g/mol. The van der Waals surface area contributed by atoms with E-state index >= 15 is 0 Å². The molecule has 0 radical (unpaired) electrons. The molecule has 0 amide bonds. The second-order valence-electron chi connectivity index (χ2n) is 12.3. The average Bonchev–Trinajstić information content (AvgIpc) is 3.14. The van der Waals surface area contributed by atoms with Gasteiger partial charge in [-0.1, -0.05) is 133 Å². The predicted molar refractivity (Wildman–Crippen MR) is 193 cm³/mol. The number of rotatable bonds is 10. The zero-order valence-corrected chi connectivity index (χ0v) is 26.8. The topological polar surface area (TPSA) is 40.4 Å². The summed E-state index contributed by atoms with van der Waals surface area (Å²) in [6.45, 7) is 2.99. The maximum absolute atomic E-state index is 13.5. The number of ketones is 2. The van der Waals surface area contributed by atoms with Crippen LogP contribution in [0.3, 0.4) is 0 Å². The minimum atomic E-state index is -0.752. The molecule has 234 valence electrons. The molecule has 48 heavy (non-hydrogen) atoms. The molecule has 0 heterocycles. The minimum Gasteiger partial charge on any atom is -0.363 e. The van der Waals surface area contributed by atoms with Crippen molar-refractivity contribution in [3.05, 3.63) is 209 Å². The van der Waals surface area contributed by atoms with Crippen molar-refractivity contribution < 1.29 is 14.2 Å². The first-order valence-corrected chi connectivity index (χ1v) is 16.4. The van der Waals surface area contributed by atoms with Crippen molar-refractivity contribution in [3.63, 3.8) is 0 Å². The number of hydrogen-bond donors (Lipinski definition) is 0. The predicted octanol–water partition coefficient (Wildman–Crippen LogP) is 8.41. The molecule has 5 aromatic carbocycles. The van der Waals surface area contributed by atoms with Gasteiger partial charge < -0.3 is 4.90 Å². The Labute approximate surface area is 282 Å². The van der Waals surface area contributed by atoms with Gasteiger partial charge in [-0.2, -0.15) is 0 Å². The highest BCUT2D eigenvalue weighted by Gasteiger charge is 2.46. The van der Waals surface area contributed by atoms with E-state index in [1.165, 1.54) is 22.3 Å². The number of hydrogen-bond acceptors (Lipinski definition) is 3. The fourth-order valence-corrected chi connectivity index (χ4v) is 6.45. The molecule has 7 rings (SSSR count). The Morgan fingerprint density at radius 2 is 0.896 bits per heavy atom. The van der Waals surface area contributed by atoms with Gasteiger partial charge in [0, 0.05) is 42.1 Å². The zero-order chi connectivity index (χ0) is 32.7. The van der Waals surface area contributed by atoms with E-state index < -0.39 is 5.92 Å². The second-order valence-corrected chi connectivity index (χ2v) is 12.3. The van der Waals surface area contributed by atoms with Crippen LogP contribution in [0.1, 0.15) is 33.7 Å². The average molecular weight is 626 g/mol. The summed E-state index contributed by atoms with van der Waals surface area (Å²) in [7, 11) is 0. The zero-order valence-electron chi connectivity index (χ0n) is 26.8. The van der Waals surface area contributed by atoms with Crippen molar-refractivity contribution in [1.82, 2.24) is 0 Å². The summed E-state index contributed by atoms with van der Waals surface area (Å²) < 4.78 is 2.31. The quantitative estimate of drug-likeness (QED) is 0.0677. The van der Waals surface area contributed by atoms with Crippen molar-refractivity contribution in [1.29, 1.82) is 0 Å². The van der Waals surface area contributed by atoms with Gasteiger partial charge in [-0.15, -0.1) is 0 Å². The Bertz CT molecular complexity index is 1900. The van der Waals surface area contributed by atoms with Crippen LogP contribution in [0.15, 0.2) is 181 Å². The van der Waals surface area contributed by atoms with Crippen LogP contribution in [0.5, 0.6) is 0 Å². The molecule has 4 nitrogen and oxygen atoms in total. The van der Waals surface area contributed by atoms with Crippen molar-refractivity contribution in [2.24, 2.45) is 0 Å². The Balaban J connectivity index is 1.09. The molecule has 0 bridgehead atoms. The van der Waals surface area contributed by atoms with Gasteiger partial charge in [0.15, 0.2) is 24.7 Å². The standard InChI is InChI=1S/C44H37N2O2/c47-43-41(37-21-25-39(26-22-37)45(29-33-13-5-1-6-14-33)30-34-15-7-2-8-16-34)44(48)42(43)38-23-27-40(28-24-38)46(31-35-17-9-3-10-18-35)32-36-19-11-4-12-20-36/h1-28,41H,29-32H2/q+1. The van der Waals surface area contributed by atoms with E-state index in [4.69, 9.17) is 0 Å². The summed E-state index contributed by atoms with van der Waals surface area (Å²) in [6, 6.07) is 49.5. The number of anilines is 1. The highest BCUT2D eigenvalue weighted by atomic mass is 16.2. The van der Waals surface area contributed by atoms with E-state index in [0.29, 0.717) is 11.1 Å². The molecule has 5 aromatic rings. The summed E-state index contributed by atoms with van der Waals surface area (Å²) >= 11 is 0. The lowest BCUT2D eigenvalue weighted by Crippen LogP contribution is -2.39. The van der Waals surface area contributed by atoms with Crippen molar-refractivity contribution in [2.45, 2.75) is 32.1 Å². The normalized spacial score (nSPS) is 15.4. The molecule has 0 unspecified atom stereocenters. The van der Waals surface area contributed by atoms with Crippen LogP contribution in [0.25, 0.3) is 0 Å². The van der Waals surface area contributed by atoms with E-state index in [2.05, 4.69) is 107 Å². The van der Waals surface area contributed by atoms with Gasteiger partial charge in [-0.3, -0.25) is 9.59 Å². The molecule has 4 heteroatoms. The number of nitrogens with zero attached hydrogens (tertiary/aromatic N) is 2. The van der Waals surface area contributed by atoms with E-state index in [-0.39, 0.29) is 11.6 Å². The first kappa shape index (κ1) is 30.8. The molecule has 2 aliphatic rings. The summed E-state index contributed by atoms with van der Waals surface area (Å²) in [5, 5.41) is 0. The molecule has 2 aliphatic carbocycles. The van der Waals surface area contributed by atoms with Gasteiger partial charge in [0.2, 0.25) is 5.71 Å². The summed E-state index contributed by atoms with van der Waals surface area (Å²) in [5.41, 5.74) is 8.66. The fraction of sp³-hybridized carbons (Fsp3) is 0.114. The van der Waals surface area contributed by atoms with Crippen LogP contribution in [0.4, 0.5) is 5.69 Å². The van der Waals surface area contributed by atoms with Gasteiger partial charge in [-0.25, -0.2) is 4.58 Å². The molecule has 1 saturated carbocycles. The molecule has 0 N–H and O–H groups in total. The first-order valence-electron chi connectivity index (χ1n) is 16.4. The van der Waals surface area contributed by atoms with E-state index in [0.717, 1.165) is 43.1 Å². The third-order valence-electron chi connectivity index (χ3n) is 8.99. The molecular weight excluding hydrogens is 588 g/mol. The van der Waals surface area contributed by atoms with Crippen LogP contribution in [0, 0.1) is 0 Å². The van der Waals surface area contributed by atoms with E-state index in [9.17, 15) is 9.59 Å². The van der Waals surface area contributed by atoms with Gasteiger partial charge in [0.25, 0.3) is 0 Å². The molecular formula is C44H37N2O2+. The summed E-state index contributed by atoms with van der Waals surface area (Å²) in [4.78, 5) is 29.3. The van der Waals surface area contributed by atoms with Crippen LogP contribution >= 0.6 is 0 Å². The lowest BCUT2D eigenvalue weighted by atomic mass is 9.70. The first-order chi connectivity index (χ1) is 23.6. The summed E-state index contributed by atoms with van der Waals surface area (Å²) in [6.07, 6.45) is 7.86. The molecule has 0 atom stereocenters. The molecule has 0 aliphatic heterocycles. The summed E-state index contributed by atoms with van der Waals surface area (Å²) in [5.74, 6) is -0.981. The Morgan fingerprint density at radius 1 is 0.479 bits per heavy atom. The molecule has 0 spiro atoms. The smallest absolute Gasteiger partial charge is 0.200 e. The lowest BCUT2D eigenvalue weighted by Gasteiger charge is -2.29. The number of benzene rings is 5. The Kier molecular flexibility index (Phi) is 9.15. The minimum absolute atomic E-state index is 0.114. The van der Waals surface area contributed by atoms with Crippen molar-refractivity contribution in [3.8, 4) is 0 Å². The molecule has 0 saturated heterocycles. The van der Waals surface area contributed by atoms with Crippen LogP contribution < -0.4 is 4.90 Å². The molecule has 0 aromatic heterocycles. The van der Waals surface area contributed by atoms with E-state index in [1.54, 1.807) is 0 Å². The maximum atomic E-state index is 13.5. The van der Waals surface area contributed by atoms with Gasteiger partial charge in [-0.05, 0) is 46.5 Å². The Morgan fingerprint density at radius 3 is 1.33 bits per heavy atom. The maximum Gasteiger partial charge on any atom is 0.200 e. The second kappa shape index (κ2) is 14.3. The van der Waals surface area contributed by atoms with E-state index in [1.807, 2.05) is 72.8 Å². The van der Waals surface area contributed by atoms with Gasteiger partial charge in [0.1, 0.15) is 5.92 Å². The number of allylic oxidation sites excluding steroid dienone is 6. The third kappa shape index (κ3) is 6.93. The lowest BCUT2D eigenvalue weighted by molar-refractivity contribution is -0.558. The van der Waals surface area contributed by atoms with Gasteiger partial charge in [0.05, 0.1) is 5.57 Å². The van der Waals surface area contributed by atoms with Crippen molar-refractivity contribution in [2.75, 3.05) is 4.90 Å². The van der Waals surface area contributed by atoms with Crippen LogP contribution in [-0.4, -0.2) is 21.9 Å². The molecule has 1 fully saturated rings. The Hall–Kier alpha value is -5.87. The highest BCUT2D eigenvalue weighted by molar-refractivity contribution is 6.42. The van der Waals surface area contributed by atoms with Gasteiger partial charge >= 0.3 is 0 Å². The largest absolute Gasteiger partial charge is 0.363 e. The fourth-order valence-electron chi connectivity index (χ4n) is 6.45. The van der Waals surface area contributed by atoms with Crippen LogP contribution in [-0.2, 0) is 35.8 Å². The SMILES string of the molecule is O=C1C(=C2C=CC(=[N+](Cc3ccccc3)Cc3ccccc3)C=C2)C(=O)C1c1ccc(N(Cc2ccccc2)Cc2ccccc2)cc1. The number of carbonyl (C=O) groups is 2. The highest BCUT2D eigenvalue weighted by Crippen LogP contribution is 2.38. The number of carbonyl (C=O) groups excluding carboxylic acids is 2.